The molecule has 4 heteroatoms. The molecule has 0 aromatic carbocycles. The van der Waals surface area contributed by atoms with E-state index in [2.05, 4.69) is 32.2 Å². The van der Waals surface area contributed by atoms with Gasteiger partial charge in [-0.15, -0.1) is 12.3 Å². The van der Waals surface area contributed by atoms with Crippen molar-refractivity contribution in [1.82, 2.24) is 10.3 Å². The van der Waals surface area contributed by atoms with Crippen LogP contribution in [0.15, 0.2) is 22.9 Å². The molecule has 0 aliphatic carbocycles. The molecule has 78 valence electrons. The number of amides is 1. The first-order chi connectivity index (χ1) is 7.25. The lowest BCUT2D eigenvalue weighted by molar-refractivity contribution is 0.0952. The number of terminal acetylenes is 1. The van der Waals surface area contributed by atoms with E-state index in [1.165, 1.54) is 0 Å². The fourth-order valence-electron chi connectivity index (χ4n) is 1.04. The van der Waals surface area contributed by atoms with Crippen LogP contribution in [-0.2, 0) is 0 Å². The average molecular weight is 267 g/mol. The number of hydrogen-bond acceptors (Lipinski definition) is 2. The van der Waals surface area contributed by atoms with Crippen molar-refractivity contribution in [3.63, 3.8) is 0 Å². The van der Waals surface area contributed by atoms with Crippen LogP contribution < -0.4 is 5.32 Å². The molecule has 1 amide bonds. The van der Waals surface area contributed by atoms with Crippen LogP contribution in [0.25, 0.3) is 0 Å². The molecule has 1 N–H and O–H groups in total. The van der Waals surface area contributed by atoms with Gasteiger partial charge in [0.25, 0.3) is 5.91 Å². The van der Waals surface area contributed by atoms with Gasteiger partial charge in [0.1, 0.15) is 4.60 Å². The molecule has 0 aliphatic heterocycles. The van der Waals surface area contributed by atoms with Gasteiger partial charge in [-0.2, -0.15) is 0 Å². The third-order valence-electron chi connectivity index (χ3n) is 1.79. The molecule has 15 heavy (non-hydrogen) atoms. The van der Waals surface area contributed by atoms with Crippen LogP contribution in [0.3, 0.4) is 0 Å². The van der Waals surface area contributed by atoms with Crippen molar-refractivity contribution in [2.45, 2.75) is 12.8 Å². The van der Waals surface area contributed by atoms with Gasteiger partial charge in [0.15, 0.2) is 0 Å². The number of nitrogens with zero attached hydrogens (tertiary/aromatic N) is 1. The van der Waals surface area contributed by atoms with Crippen LogP contribution in [-0.4, -0.2) is 17.4 Å². The molecule has 0 saturated heterocycles. The zero-order valence-corrected chi connectivity index (χ0v) is 9.75. The van der Waals surface area contributed by atoms with E-state index in [9.17, 15) is 4.79 Å². The van der Waals surface area contributed by atoms with Gasteiger partial charge < -0.3 is 5.32 Å². The average Bonchev–Trinajstić information content (AvgIpc) is 2.25. The molecule has 0 aliphatic rings. The monoisotopic (exact) mass is 266 g/mol. The first kappa shape index (κ1) is 11.7. The predicted octanol–water partition coefficient (Wildman–Crippen LogP) is 1.99. The summed E-state index contributed by atoms with van der Waals surface area (Å²) in [5.74, 6) is 2.39. The highest BCUT2D eigenvalue weighted by atomic mass is 79.9. The number of carbonyl (C=O) groups excluding carboxylic acids is 1. The fourth-order valence-corrected chi connectivity index (χ4v) is 1.47. The lowest BCUT2D eigenvalue weighted by atomic mass is 10.2. The Kier molecular flexibility index (Phi) is 4.85. The molecular weight excluding hydrogens is 256 g/mol. The van der Waals surface area contributed by atoms with Gasteiger partial charge in [-0.1, -0.05) is 0 Å². The van der Waals surface area contributed by atoms with Gasteiger partial charge >= 0.3 is 0 Å². The molecule has 1 aromatic heterocycles. The molecule has 0 fully saturated rings. The second kappa shape index (κ2) is 6.20. The minimum absolute atomic E-state index is 0.132. The number of aromatic nitrogens is 1. The Morgan fingerprint density at radius 3 is 3.13 bits per heavy atom. The number of carbonyl (C=O) groups is 1. The maximum Gasteiger partial charge on any atom is 0.254 e. The molecule has 1 heterocycles. The number of hydrogen-bond donors (Lipinski definition) is 1. The van der Waals surface area contributed by atoms with Gasteiger partial charge in [0.2, 0.25) is 0 Å². The fraction of sp³-hybridized carbons (Fsp3) is 0.273. The summed E-state index contributed by atoms with van der Waals surface area (Å²) in [6.07, 6.45) is 8.19. The molecule has 1 rings (SSSR count). The smallest absolute Gasteiger partial charge is 0.254 e. The van der Waals surface area contributed by atoms with Gasteiger partial charge in [-0.25, -0.2) is 4.98 Å². The zero-order chi connectivity index (χ0) is 11.1. The van der Waals surface area contributed by atoms with E-state index in [0.29, 0.717) is 23.1 Å². The van der Waals surface area contributed by atoms with Crippen molar-refractivity contribution in [3.8, 4) is 12.3 Å². The summed E-state index contributed by atoms with van der Waals surface area (Å²) in [4.78, 5) is 15.6. The topological polar surface area (TPSA) is 42.0 Å². The molecule has 0 unspecified atom stereocenters. The predicted molar refractivity (Wildman–Crippen MR) is 62.3 cm³/mol. The van der Waals surface area contributed by atoms with Crippen molar-refractivity contribution in [2.24, 2.45) is 0 Å². The number of unbranched alkanes of at least 4 members (excludes halogenated alkanes) is 1. The molecule has 3 nitrogen and oxygen atoms in total. The van der Waals surface area contributed by atoms with Crippen LogP contribution in [0.4, 0.5) is 0 Å². The van der Waals surface area contributed by atoms with E-state index in [0.717, 1.165) is 6.42 Å². The van der Waals surface area contributed by atoms with E-state index in [4.69, 9.17) is 6.42 Å². The largest absolute Gasteiger partial charge is 0.352 e. The summed E-state index contributed by atoms with van der Waals surface area (Å²) in [6, 6.07) is 3.44. The number of nitrogens with one attached hydrogen (secondary N) is 1. The SMILES string of the molecule is C#CCCCNC(=O)c1cccnc1Br. The summed E-state index contributed by atoms with van der Waals surface area (Å²) in [5, 5.41) is 2.77. The van der Waals surface area contributed by atoms with E-state index in [-0.39, 0.29) is 5.91 Å². The Balaban J connectivity index is 2.48. The van der Waals surface area contributed by atoms with Crippen LogP contribution in [0.2, 0.25) is 0 Å². The van der Waals surface area contributed by atoms with E-state index in [1.54, 1.807) is 18.3 Å². The highest BCUT2D eigenvalue weighted by Crippen LogP contribution is 2.11. The van der Waals surface area contributed by atoms with Crippen LogP contribution in [0.1, 0.15) is 23.2 Å². The van der Waals surface area contributed by atoms with Gasteiger partial charge in [0.05, 0.1) is 5.56 Å². The normalized spacial score (nSPS) is 9.33. The summed E-state index contributed by atoms with van der Waals surface area (Å²) in [5.41, 5.74) is 0.540. The summed E-state index contributed by atoms with van der Waals surface area (Å²) in [7, 11) is 0. The van der Waals surface area contributed by atoms with Crippen LogP contribution >= 0.6 is 15.9 Å². The lowest BCUT2D eigenvalue weighted by Crippen LogP contribution is -2.24. The van der Waals surface area contributed by atoms with Crippen molar-refractivity contribution >= 4 is 21.8 Å². The number of pyridine rings is 1. The van der Waals surface area contributed by atoms with E-state index in [1.807, 2.05) is 0 Å². The van der Waals surface area contributed by atoms with Gasteiger partial charge in [-0.3, -0.25) is 4.79 Å². The molecule has 0 atom stereocenters. The van der Waals surface area contributed by atoms with E-state index >= 15 is 0 Å². The first-order valence-electron chi connectivity index (χ1n) is 4.58. The summed E-state index contributed by atoms with van der Waals surface area (Å²) >= 11 is 3.22. The number of rotatable bonds is 4. The highest BCUT2D eigenvalue weighted by Gasteiger charge is 2.08. The molecule has 0 bridgehead atoms. The van der Waals surface area contributed by atoms with Gasteiger partial charge in [0, 0.05) is 19.2 Å². The van der Waals surface area contributed by atoms with Crippen molar-refractivity contribution < 1.29 is 4.79 Å². The van der Waals surface area contributed by atoms with Crippen LogP contribution in [0, 0.1) is 12.3 Å². The highest BCUT2D eigenvalue weighted by molar-refractivity contribution is 9.10. The maximum absolute atomic E-state index is 11.6. The van der Waals surface area contributed by atoms with Crippen molar-refractivity contribution in [2.75, 3.05) is 6.54 Å². The Hall–Kier alpha value is -1.34. The minimum Gasteiger partial charge on any atom is -0.352 e. The quantitative estimate of drug-likeness (QED) is 0.515. The third-order valence-corrected chi connectivity index (χ3v) is 2.42. The summed E-state index contributed by atoms with van der Waals surface area (Å²) < 4.78 is 0.555. The molecule has 0 saturated carbocycles. The lowest BCUT2D eigenvalue weighted by Gasteiger charge is -2.04. The van der Waals surface area contributed by atoms with E-state index < -0.39 is 0 Å². The summed E-state index contributed by atoms with van der Waals surface area (Å²) in [6.45, 7) is 0.588. The first-order valence-corrected chi connectivity index (χ1v) is 5.37. The third kappa shape index (κ3) is 3.72. The Morgan fingerprint density at radius 2 is 2.47 bits per heavy atom. The number of halogens is 1. The molecular formula is C11H11BrN2O. The van der Waals surface area contributed by atoms with Gasteiger partial charge in [-0.05, 0) is 34.5 Å². The standard InChI is InChI=1S/C11H11BrN2O/c1-2-3-4-7-14-11(15)9-6-5-8-13-10(9)12/h1,5-6,8H,3-4,7H2,(H,14,15). The zero-order valence-electron chi connectivity index (χ0n) is 8.16. The minimum atomic E-state index is -0.132. The maximum atomic E-state index is 11.6. The Labute approximate surface area is 97.4 Å². The van der Waals surface area contributed by atoms with Crippen molar-refractivity contribution in [1.29, 1.82) is 0 Å². The molecule has 0 radical (unpaired) electrons. The molecule has 0 spiro atoms. The Bertz CT molecular complexity index is 384. The van der Waals surface area contributed by atoms with Crippen LogP contribution in [0.5, 0.6) is 0 Å². The second-order valence-corrected chi connectivity index (χ2v) is 3.66. The Morgan fingerprint density at radius 1 is 1.67 bits per heavy atom. The molecule has 1 aromatic rings. The second-order valence-electron chi connectivity index (χ2n) is 2.91. The van der Waals surface area contributed by atoms with Crippen molar-refractivity contribution in [3.05, 3.63) is 28.5 Å².